The summed E-state index contributed by atoms with van der Waals surface area (Å²) in [4.78, 5) is 0. The molecule has 0 amide bonds. The molecule has 0 saturated carbocycles. The van der Waals surface area contributed by atoms with Crippen molar-refractivity contribution >= 4 is 11.6 Å². The first-order valence-corrected chi connectivity index (χ1v) is 7.30. The van der Waals surface area contributed by atoms with Gasteiger partial charge in [-0.1, -0.05) is 36.1 Å². The van der Waals surface area contributed by atoms with E-state index < -0.39 is 17.7 Å². The average Bonchev–Trinajstić information content (AvgIpc) is 2.38. The molecule has 0 spiro atoms. The van der Waals surface area contributed by atoms with Crippen LogP contribution in [0.25, 0.3) is 0 Å². The van der Waals surface area contributed by atoms with E-state index in [0.717, 1.165) is 49.8 Å². The van der Waals surface area contributed by atoms with Crippen LogP contribution in [0.1, 0.15) is 50.1 Å². The first kappa shape index (κ1) is 15.4. The molecule has 5 heteroatoms. The largest absolute Gasteiger partial charge is 0.271 e. The zero-order valence-electron chi connectivity index (χ0n) is 11.3. The van der Waals surface area contributed by atoms with Crippen molar-refractivity contribution in [2.45, 2.75) is 44.6 Å². The molecule has 0 aromatic heterocycles. The number of hydrazine groups is 1. The third-order valence-corrected chi connectivity index (χ3v) is 4.00. The van der Waals surface area contributed by atoms with Crippen LogP contribution in [0.2, 0.25) is 5.02 Å². The molecule has 0 saturated heterocycles. The minimum absolute atomic E-state index is 0.209. The molecule has 1 aliphatic rings. The van der Waals surface area contributed by atoms with Crippen LogP contribution in [-0.2, 0) is 0 Å². The highest BCUT2D eigenvalue weighted by atomic mass is 35.5. The molecule has 1 atom stereocenters. The van der Waals surface area contributed by atoms with Crippen molar-refractivity contribution in [1.82, 2.24) is 5.43 Å². The molecule has 1 aliphatic carbocycles. The van der Waals surface area contributed by atoms with Gasteiger partial charge in [0.25, 0.3) is 0 Å². The highest BCUT2D eigenvalue weighted by Crippen LogP contribution is 2.31. The number of benzene rings is 1. The van der Waals surface area contributed by atoms with Gasteiger partial charge >= 0.3 is 0 Å². The molecule has 2 nitrogen and oxygen atoms in total. The van der Waals surface area contributed by atoms with Crippen molar-refractivity contribution in [2.75, 3.05) is 0 Å². The molecule has 0 bridgehead atoms. The van der Waals surface area contributed by atoms with Gasteiger partial charge in [0.05, 0.1) is 11.1 Å². The lowest BCUT2D eigenvalue weighted by Gasteiger charge is -2.22. The van der Waals surface area contributed by atoms with Crippen molar-refractivity contribution in [3.05, 3.63) is 46.0 Å². The molecule has 110 valence electrons. The Morgan fingerprint density at radius 3 is 2.60 bits per heavy atom. The fraction of sp³-hybridized carbons (Fsp3) is 0.467. The SMILES string of the molecule is NNC(/C1=C/CCCCCC1)c1cc(F)c(Cl)cc1F. The summed E-state index contributed by atoms with van der Waals surface area (Å²) in [6.07, 6.45) is 8.43. The molecule has 1 aromatic rings. The van der Waals surface area contributed by atoms with Crippen molar-refractivity contribution in [1.29, 1.82) is 0 Å². The Labute approximate surface area is 123 Å². The second kappa shape index (κ2) is 7.16. The normalized spacial score (nSPS) is 20.7. The Balaban J connectivity index is 2.33. The minimum Gasteiger partial charge on any atom is -0.271 e. The lowest BCUT2D eigenvalue weighted by molar-refractivity contribution is 0.517. The van der Waals surface area contributed by atoms with Crippen molar-refractivity contribution in [2.24, 2.45) is 5.84 Å². The maximum Gasteiger partial charge on any atom is 0.142 e. The summed E-state index contributed by atoms with van der Waals surface area (Å²) < 4.78 is 27.6. The molecule has 0 heterocycles. The lowest BCUT2D eigenvalue weighted by atomic mass is 9.91. The smallest absolute Gasteiger partial charge is 0.142 e. The van der Waals surface area contributed by atoms with Gasteiger partial charge in [-0.2, -0.15) is 0 Å². The van der Waals surface area contributed by atoms with Crippen LogP contribution >= 0.6 is 11.6 Å². The summed E-state index contributed by atoms with van der Waals surface area (Å²) in [5.74, 6) is 4.40. The van der Waals surface area contributed by atoms with Crippen LogP contribution in [-0.4, -0.2) is 0 Å². The highest BCUT2D eigenvalue weighted by molar-refractivity contribution is 6.30. The number of halogens is 3. The van der Waals surface area contributed by atoms with Crippen molar-refractivity contribution < 1.29 is 8.78 Å². The number of rotatable bonds is 3. The van der Waals surface area contributed by atoms with E-state index in [1.807, 2.05) is 0 Å². The van der Waals surface area contributed by atoms with Crippen LogP contribution in [0.5, 0.6) is 0 Å². The van der Waals surface area contributed by atoms with Crippen molar-refractivity contribution in [3.8, 4) is 0 Å². The van der Waals surface area contributed by atoms with Gasteiger partial charge in [-0.3, -0.25) is 5.84 Å². The first-order chi connectivity index (χ1) is 9.63. The topological polar surface area (TPSA) is 38.0 Å². The van der Waals surface area contributed by atoms with E-state index in [-0.39, 0.29) is 10.6 Å². The molecule has 0 fully saturated rings. The van der Waals surface area contributed by atoms with Gasteiger partial charge in [0.15, 0.2) is 0 Å². The van der Waals surface area contributed by atoms with Gasteiger partial charge in [0.1, 0.15) is 11.6 Å². The highest BCUT2D eigenvalue weighted by Gasteiger charge is 2.21. The van der Waals surface area contributed by atoms with E-state index >= 15 is 0 Å². The fourth-order valence-corrected chi connectivity index (χ4v) is 2.78. The van der Waals surface area contributed by atoms with Crippen LogP contribution in [0.3, 0.4) is 0 Å². The Morgan fingerprint density at radius 2 is 1.85 bits per heavy atom. The third kappa shape index (κ3) is 3.57. The van der Waals surface area contributed by atoms with Crippen LogP contribution in [0.15, 0.2) is 23.8 Å². The molecular weight excluding hydrogens is 282 g/mol. The number of hydrogen-bond acceptors (Lipinski definition) is 2. The van der Waals surface area contributed by atoms with Crippen LogP contribution < -0.4 is 11.3 Å². The maximum atomic E-state index is 14.0. The third-order valence-electron chi connectivity index (χ3n) is 3.71. The Bertz CT molecular complexity index is 503. The van der Waals surface area contributed by atoms with Gasteiger partial charge in [-0.15, -0.1) is 0 Å². The second-order valence-corrected chi connectivity index (χ2v) is 5.53. The average molecular weight is 301 g/mol. The summed E-state index contributed by atoms with van der Waals surface area (Å²) in [5.41, 5.74) is 3.84. The molecule has 1 aromatic carbocycles. The van der Waals surface area contributed by atoms with Gasteiger partial charge in [0, 0.05) is 5.56 Å². The molecule has 3 N–H and O–H groups in total. The van der Waals surface area contributed by atoms with Gasteiger partial charge < -0.3 is 0 Å². The maximum absolute atomic E-state index is 14.0. The molecular formula is C15H19ClF2N2. The standard InChI is InChI=1S/C15H19ClF2N2/c16-12-9-13(17)11(8-14(12)18)15(20-19)10-6-4-2-1-3-5-7-10/h6,8-9,15,20H,1-5,7,19H2/b10-6+. The summed E-state index contributed by atoms with van der Waals surface area (Å²) in [5, 5.41) is -0.214. The Morgan fingerprint density at radius 1 is 1.10 bits per heavy atom. The molecule has 0 aliphatic heterocycles. The fourth-order valence-electron chi connectivity index (χ4n) is 2.63. The second-order valence-electron chi connectivity index (χ2n) is 5.12. The summed E-state index contributed by atoms with van der Waals surface area (Å²) in [6, 6.07) is 1.63. The van der Waals surface area contributed by atoms with E-state index in [1.165, 1.54) is 6.42 Å². The zero-order valence-corrected chi connectivity index (χ0v) is 12.0. The number of nitrogens with one attached hydrogen (secondary N) is 1. The van der Waals surface area contributed by atoms with Gasteiger partial charge in [-0.25, -0.2) is 14.2 Å². The van der Waals surface area contributed by atoms with E-state index in [0.29, 0.717) is 0 Å². The van der Waals surface area contributed by atoms with E-state index in [1.54, 1.807) is 0 Å². The monoisotopic (exact) mass is 300 g/mol. The van der Waals surface area contributed by atoms with Gasteiger partial charge in [0.2, 0.25) is 0 Å². The predicted molar refractivity (Wildman–Crippen MR) is 77.2 cm³/mol. The Kier molecular flexibility index (Phi) is 5.52. The first-order valence-electron chi connectivity index (χ1n) is 6.93. The lowest BCUT2D eigenvalue weighted by Crippen LogP contribution is -2.30. The Hall–Kier alpha value is -0.970. The van der Waals surface area contributed by atoms with Crippen LogP contribution in [0, 0.1) is 11.6 Å². The van der Waals surface area contributed by atoms with E-state index in [9.17, 15) is 8.78 Å². The number of hydrogen-bond donors (Lipinski definition) is 2. The number of nitrogens with two attached hydrogens (primary N) is 1. The summed E-state index contributed by atoms with van der Waals surface area (Å²) in [6.45, 7) is 0. The summed E-state index contributed by atoms with van der Waals surface area (Å²) in [7, 11) is 0. The molecule has 0 radical (unpaired) electrons. The molecule has 2 rings (SSSR count). The van der Waals surface area contributed by atoms with Gasteiger partial charge in [-0.05, 0) is 37.8 Å². The van der Waals surface area contributed by atoms with Crippen LogP contribution in [0.4, 0.5) is 8.78 Å². The van der Waals surface area contributed by atoms with E-state index in [4.69, 9.17) is 17.4 Å². The van der Waals surface area contributed by atoms with E-state index in [2.05, 4.69) is 11.5 Å². The van der Waals surface area contributed by atoms with Crippen molar-refractivity contribution in [3.63, 3.8) is 0 Å². The zero-order chi connectivity index (χ0) is 14.5. The molecule has 20 heavy (non-hydrogen) atoms. The number of allylic oxidation sites excluding steroid dienone is 1. The summed E-state index contributed by atoms with van der Waals surface area (Å²) >= 11 is 5.59. The quantitative estimate of drug-likeness (QED) is 0.376. The minimum atomic E-state index is -0.630. The predicted octanol–water partition coefficient (Wildman–Crippen LogP) is 4.40. The molecule has 1 unspecified atom stereocenters.